The van der Waals surface area contributed by atoms with Gasteiger partial charge in [-0.05, 0) is 25.1 Å². The molecule has 5 heteroatoms. The molecule has 1 unspecified atom stereocenters. The van der Waals surface area contributed by atoms with Gasteiger partial charge in [0.1, 0.15) is 0 Å². The number of anilines is 1. The second kappa shape index (κ2) is 5.69. The number of aliphatic hydroxyl groups is 1. The van der Waals surface area contributed by atoms with Gasteiger partial charge >= 0.3 is 0 Å². The van der Waals surface area contributed by atoms with Gasteiger partial charge in [0, 0.05) is 18.7 Å². The van der Waals surface area contributed by atoms with E-state index in [9.17, 15) is 4.79 Å². The molecule has 1 aromatic rings. The highest BCUT2D eigenvalue weighted by Gasteiger charge is 2.21. The molecule has 18 heavy (non-hydrogen) atoms. The zero-order valence-corrected chi connectivity index (χ0v) is 11.0. The highest BCUT2D eigenvalue weighted by Crippen LogP contribution is 2.28. The van der Waals surface area contributed by atoms with Crippen LogP contribution in [0.25, 0.3) is 0 Å². The van der Waals surface area contributed by atoms with Gasteiger partial charge in [-0.1, -0.05) is 11.6 Å². The average Bonchev–Trinajstić information content (AvgIpc) is 2.38. The largest absolute Gasteiger partial charge is 0.394 e. The van der Waals surface area contributed by atoms with E-state index in [0.717, 1.165) is 12.2 Å². The summed E-state index contributed by atoms with van der Waals surface area (Å²) in [4.78, 5) is 13.3. The lowest BCUT2D eigenvalue weighted by molar-refractivity contribution is 0.00357. The van der Waals surface area contributed by atoms with E-state index in [1.807, 2.05) is 6.07 Å². The number of benzene rings is 1. The van der Waals surface area contributed by atoms with E-state index in [1.54, 1.807) is 12.1 Å². The quantitative estimate of drug-likeness (QED) is 0.850. The number of nitrogens with zero attached hydrogens (tertiary/aromatic N) is 1. The van der Waals surface area contributed by atoms with Gasteiger partial charge in [0.15, 0.2) is 5.78 Å². The summed E-state index contributed by atoms with van der Waals surface area (Å²) in [6.45, 7) is 3.42. The number of halogens is 1. The first-order chi connectivity index (χ1) is 8.61. The van der Waals surface area contributed by atoms with Gasteiger partial charge in [0.2, 0.25) is 0 Å². The van der Waals surface area contributed by atoms with Crippen LogP contribution in [0.3, 0.4) is 0 Å². The van der Waals surface area contributed by atoms with Crippen LogP contribution >= 0.6 is 11.6 Å². The Kier molecular flexibility index (Phi) is 4.22. The first kappa shape index (κ1) is 13.3. The van der Waals surface area contributed by atoms with Crippen LogP contribution in [-0.4, -0.2) is 43.3 Å². The van der Waals surface area contributed by atoms with Gasteiger partial charge < -0.3 is 14.7 Å². The molecule has 1 aliphatic rings. The maximum Gasteiger partial charge on any atom is 0.159 e. The Morgan fingerprint density at radius 2 is 2.39 bits per heavy atom. The molecule has 98 valence electrons. The third kappa shape index (κ3) is 2.83. The number of hydrogen-bond donors (Lipinski definition) is 1. The van der Waals surface area contributed by atoms with E-state index in [0.29, 0.717) is 23.7 Å². The van der Waals surface area contributed by atoms with Crippen LogP contribution in [0.15, 0.2) is 18.2 Å². The number of rotatable bonds is 3. The van der Waals surface area contributed by atoms with Crippen molar-refractivity contribution < 1.29 is 14.6 Å². The molecule has 0 aromatic heterocycles. The molecule has 0 radical (unpaired) electrons. The molecule has 0 aliphatic carbocycles. The molecule has 4 nitrogen and oxygen atoms in total. The molecule has 1 aromatic carbocycles. The van der Waals surface area contributed by atoms with E-state index in [-0.39, 0.29) is 18.5 Å². The summed E-state index contributed by atoms with van der Waals surface area (Å²) in [5.74, 6) is -0.00124. The first-order valence-electron chi connectivity index (χ1n) is 5.89. The Balaban J connectivity index is 2.20. The fourth-order valence-electron chi connectivity index (χ4n) is 2.03. The predicted molar refractivity (Wildman–Crippen MR) is 70.5 cm³/mol. The van der Waals surface area contributed by atoms with Crippen LogP contribution in [-0.2, 0) is 4.74 Å². The molecular weight excluding hydrogens is 254 g/mol. The number of ketones is 1. The van der Waals surface area contributed by atoms with Crippen molar-refractivity contribution in [3.05, 3.63) is 28.8 Å². The zero-order valence-electron chi connectivity index (χ0n) is 10.2. The Hall–Kier alpha value is -1.10. The molecule has 0 bridgehead atoms. The smallest absolute Gasteiger partial charge is 0.159 e. The fourth-order valence-corrected chi connectivity index (χ4v) is 2.33. The van der Waals surface area contributed by atoms with Crippen molar-refractivity contribution in [1.82, 2.24) is 0 Å². The molecule has 0 saturated carbocycles. The molecule has 1 atom stereocenters. The van der Waals surface area contributed by atoms with Gasteiger partial charge in [-0.3, -0.25) is 4.79 Å². The van der Waals surface area contributed by atoms with Gasteiger partial charge in [0.05, 0.1) is 30.0 Å². The van der Waals surface area contributed by atoms with E-state index in [1.165, 1.54) is 6.92 Å². The molecule has 1 N–H and O–H groups in total. The highest BCUT2D eigenvalue weighted by atomic mass is 35.5. The van der Waals surface area contributed by atoms with Crippen LogP contribution in [0.1, 0.15) is 17.3 Å². The second-order valence-electron chi connectivity index (χ2n) is 4.34. The van der Waals surface area contributed by atoms with Crippen molar-refractivity contribution in [3.8, 4) is 0 Å². The van der Waals surface area contributed by atoms with Crippen molar-refractivity contribution >= 4 is 23.1 Å². The standard InChI is InChI=1S/C13H16ClNO3/c1-9(17)10-2-3-13(12(14)6-10)15-4-5-18-11(7-15)8-16/h2-3,6,11,16H,4-5,7-8H2,1H3. The number of carbonyl (C=O) groups excluding carboxylic acids is 1. The zero-order chi connectivity index (χ0) is 13.1. The van der Waals surface area contributed by atoms with Crippen LogP contribution < -0.4 is 4.90 Å². The fraction of sp³-hybridized carbons (Fsp3) is 0.462. The molecule has 1 heterocycles. The minimum atomic E-state index is -0.178. The Bertz CT molecular complexity index is 450. The molecule has 0 spiro atoms. The van der Waals surface area contributed by atoms with Gasteiger partial charge in [-0.25, -0.2) is 0 Å². The maximum absolute atomic E-state index is 11.3. The number of Topliss-reactive ketones (excluding diaryl/α,β-unsaturated/α-hetero) is 1. The molecule has 1 saturated heterocycles. The van der Waals surface area contributed by atoms with Crippen LogP contribution in [0.5, 0.6) is 0 Å². The summed E-state index contributed by atoms with van der Waals surface area (Å²) in [6.07, 6.45) is -0.178. The molecule has 1 aliphatic heterocycles. The monoisotopic (exact) mass is 269 g/mol. The number of aliphatic hydroxyl groups excluding tert-OH is 1. The minimum absolute atomic E-state index is 0.000349. The summed E-state index contributed by atoms with van der Waals surface area (Å²) in [5, 5.41) is 9.67. The average molecular weight is 270 g/mol. The third-order valence-corrected chi connectivity index (χ3v) is 3.34. The van der Waals surface area contributed by atoms with Crippen molar-refractivity contribution in [2.75, 3.05) is 31.2 Å². The lowest BCUT2D eigenvalue weighted by atomic mass is 10.1. The number of hydrogen-bond acceptors (Lipinski definition) is 4. The van der Waals surface area contributed by atoms with Crippen molar-refractivity contribution in [2.45, 2.75) is 13.0 Å². The highest BCUT2D eigenvalue weighted by molar-refractivity contribution is 6.33. The first-order valence-corrected chi connectivity index (χ1v) is 6.27. The van der Waals surface area contributed by atoms with Crippen molar-refractivity contribution in [1.29, 1.82) is 0 Å². The Morgan fingerprint density at radius 1 is 1.61 bits per heavy atom. The molecule has 1 fully saturated rings. The second-order valence-corrected chi connectivity index (χ2v) is 4.75. The van der Waals surface area contributed by atoms with Gasteiger partial charge in [0.25, 0.3) is 0 Å². The van der Waals surface area contributed by atoms with Crippen LogP contribution in [0.2, 0.25) is 5.02 Å². The van der Waals surface area contributed by atoms with E-state index in [4.69, 9.17) is 21.4 Å². The molecular formula is C13H16ClNO3. The minimum Gasteiger partial charge on any atom is -0.394 e. The summed E-state index contributed by atoms with van der Waals surface area (Å²) in [7, 11) is 0. The lowest BCUT2D eigenvalue weighted by Gasteiger charge is -2.34. The van der Waals surface area contributed by atoms with E-state index >= 15 is 0 Å². The normalized spacial score (nSPS) is 19.9. The maximum atomic E-state index is 11.3. The number of ether oxygens (including phenoxy) is 1. The summed E-state index contributed by atoms with van der Waals surface area (Å²) in [5.41, 5.74) is 1.49. The Labute approximate surface area is 111 Å². The lowest BCUT2D eigenvalue weighted by Crippen LogP contribution is -2.44. The number of carbonyl (C=O) groups is 1. The van der Waals surface area contributed by atoms with Gasteiger partial charge in [-0.2, -0.15) is 0 Å². The number of morpholine rings is 1. The summed E-state index contributed by atoms with van der Waals surface area (Å²) >= 11 is 6.20. The molecule has 2 rings (SSSR count). The van der Waals surface area contributed by atoms with Crippen molar-refractivity contribution in [2.24, 2.45) is 0 Å². The van der Waals surface area contributed by atoms with Crippen LogP contribution in [0.4, 0.5) is 5.69 Å². The van der Waals surface area contributed by atoms with E-state index < -0.39 is 0 Å². The predicted octanol–water partition coefficient (Wildman–Crippen LogP) is 1.74. The third-order valence-electron chi connectivity index (χ3n) is 3.04. The van der Waals surface area contributed by atoms with Gasteiger partial charge in [-0.15, -0.1) is 0 Å². The summed E-state index contributed by atoms with van der Waals surface area (Å²) < 4.78 is 5.39. The molecule has 0 amide bonds. The summed E-state index contributed by atoms with van der Waals surface area (Å²) in [6, 6.07) is 5.30. The van der Waals surface area contributed by atoms with E-state index in [2.05, 4.69) is 4.90 Å². The van der Waals surface area contributed by atoms with Crippen molar-refractivity contribution in [3.63, 3.8) is 0 Å². The topological polar surface area (TPSA) is 49.8 Å². The SMILES string of the molecule is CC(=O)c1ccc(N2CCOC(CO)C2)c(Cl)c1. The van der Waals surface area contributed by atoms with Crippen LogP contribution in [0, 0.1) is 0 Å². The Morgan fingerprint density at radius 3 is 3.00 bits per heavy atom.